The highest BCUT2D eigenvalue weighted by atomic mass is 16.2. The van der Waals surface area contributed by atoms with Gasteiger partial charge in [-0.25, -0.2) is 4.79 Å². The van der Waals surface area contributed by atoms with Crippen molar-refractivity contribution in [3.8, 4) is 0 Å². The zero-order valence-electron chi connectivity index (χ0n) is 12.6. The summed E-state index contributed by atoms with van der Waals surface area (Å²) in [6, 6.07) is 10.9. The summed E-state index contributed by atoms with van der Waals surface area (Å²) in [5.74, 6) is 0. The highest BCUT2D eigenvalue weighted by Gasteiger charge is 2.24. The predicted molar refractivity (Wildman–Crippen MR) is 85.6 cm³/mol. The topological polar surface area (TPSA) is 35.6 Å². The fourth-order valence-corrected chi connectivity index (χ4v) is 3.33. The Morgan fingerprint density at radius 1 is 1.00 bits per heavy atom. The van der Waals surface area contributed by atoms with Gasteiger partial charge in [-0.3, -0.25) is 0 Å². The van der Waals surface area contributed by atoms with E-state index in [-0.39, 0.29) is 12.1 Å². The lowest BCUT2D eigenvalue weighted by Gasteiger charge is -2.36. The molecule has 2 aliphatic rings. The molecule has 1 unspecified atom stereocenters. The number of benzene rings is 1. The molecular formula is C17H25N3O. The lowest BCUT2D eigenvalue weighted by Crippen LogP contribution is -2.52. The number of likely N-dealkylation sites (tertiary alicyclic amines) is 1. The van der Waals surface area contributed by atoms with Crippen LogP contribution in [0.15, 0.2) is 30.3 Å². The van der Waals surface area contributed by atoms with E-state index in [1.54, 1.807) is 0 Å². The Morgan fingerprint density at radius 3 is 2.52 bits per heavy atom. The van der Waals surface area contributed by atoms with Crippen molar-refractivity contribution in [2.45, 2.75) is 38.1 Å². The largest absolute Gasteiger partial charge is 0.369 e. The minimum Gasteiger partial charge on any atom is -0.369 e. The molecular weight excluding hydrogens is 262 g/mol. The molecule has 1 aromatic rings. The molecule has 2 heterocycles. The first-order chi connectivity index (χ1) is 10.3. The molecule has 114 valence electrons. The second-order valence-electron chi connectivity index (χ2n) is 6.12. The van der Waals surface area contributed by atoms with E-state index in [2.05, 4.69) is 34.5 Å². The number of amides is 2. The highest BCUT2D eigenvalue weighted by Crippen LogP contribution is 2.19. The molecule has 2 saturated heterocycles. The lowest BCUT2D eigenvalue weighted by atomic mass is 10.0. The summed E-state index contributed by atoms with van der Waals surface area (Å²) in [5, 5.41) is 3.23. The van der Waals surface area contributed by atoms with Gasteiger partial charge >= 0.3 is 6.03 Å². The van der Waals surface area contributed by atoms with Crippen molar-refractivity contribution < 1.29 is 4.79 Å². The van der Waals surface area contributed by atoms with Gasteiger partial charge in [0.25, 0.3) is 0 Å². The number of anilines is 1. The maximum atomic E-state index is 12.3. The number of piperidine rings is 2. The Balaban J connectivity index is 1.55. The van der Waals surface area contributed by atoms with Crippen LogP contribution in [0.1, 0.15) is 32.1 Å². The summed E-state index contributed by atoms with van der Waals surface area (Å²) < 4.78 is 0. The summed E-state index contributed by atoms with van der Waals surface area (Å²) >= 11 is 0. The van der Waals surface area contributed by atoms with Crippen molar-refractivity contribution in [2.75, 3.05) is 31.1 Å². The number of para-hydroxylation sites is 1. The zero-order chi connectivity index (χ0) is 14.5. The first-order valence-electron chi connectivity index (χ1n) is 8.18. The van der Waals surface area contributed by atoms with Gasteiger partial charge in [0.15, 0.2) is 0 Å². The van der Waals surface area contributed by atoms with Crippen LogP contribution in [-0.2, 0) is 0 Å². The molecule has 0 radical (unpaired) electrons. The molecule has 1 aromatic carbocycles. The average Bonchev–Trinajstić information content (AvgIpc) is 2.57. The Kier molecular flexibility index (Phi) is 4.63. The number of nitrogens with zero attached hydrogens (tertiary/aromatic N) is 2. The third kappa shape index (κ3) is 3.69. The number of urea groups is 1. The molecule has 4 heteroatoms. The van der Waals surface area contributed by atoms with Crippen LogP contribution in [0, 0.1) is 0 Å². The van der Waals surface area contributed by atoms with Gasteiger partial charge in [0.1, 0.15) is 0 Å². The van der Waals surface area contributed by atoms with Gasteiger partial charge in [-0.1, -0.05) is 18.2 Å². The molecule has 21 heavy (non-hydrogen) atoms. The molecule has 0 saturated carbocycles. The summed E-state index contributed by atoms with van der Waals surface area (Å²) in [6.07, 6.45) is 5.78. The van der Waals surface area contributed by atoms with E-state index in [0.29, 0.717) is 0 Å². The van der Waals surface area contributed by atoms with Gasteiger partial charge in [0.2, 0.25) is 0 Å². The normalized spacial score (nSPS) is 23.0. The van der Waals surface area contributed by atoms with Gasteiger partial charge in [-0.15, -0.1) is 0 Å². The minimum atomic E-state index is 0.134. The van der Waals surface area contributed by atoms with Crippen LogP contribution in [-0.4, -0.2) is 43.2 Å². The SMILES string of the molecule is O=C(NC1CCCN(c2ccccc2)C1)N1CCCCC1. The van der Waals surface area contributed by atoms with Gasteiger partial charge < -0.3 is 15.1 Å². The molecule has 2 amide bonds. The van der Waals surface area contributed by atoms with Crippen LogP contribution in [0.25, 0.3) is 0 Å². The fourth-order valence-electron chi connectivity index (χ4n) is 3.33. The monoisotopic (exact) mass is 287 g/mol. The minimum absolute atomic E-state index is 0.134. The number of carbonyl (C=O) groups excluding carboxylic acids is 1. The summed E-state index contributed by atoms with van der Waals surface area (Å²) in [7, 11) is 0. The number of nitrogens with one attached hydrogen (secondary N) is 1. The molecule has 2 fully saturated rings. The standard InChI is InChI=1S/C17H25N3O/c21-17(19-11-5-2-6-12-19)18-15-8-7-13-20(14-15)16-9-3-1-4-10-16/h1,3-4,9-10,15H,2,5-8,11-14H2,(H,18,21). The summed E-state index contributed by atoms with van der Waals surface area (Å²) in [4.78, 5) is 16.7. The fraction of sp³-hybridized carbons (Fsp3) is 0.588. The van der Waals surface area contributed by atoms with E-state index < -0.39 is 0 Å². The quantitative estimate of drug-likeness (QED) is 0.908. The molecule has 0 aromatic heterocycles. The Morgan fingerprint density at radius 2 is 1.76 bits per heavy atom. The summed E-state index contributed by atoms with van der Waals surface area (Å²) in [5.41, 5.74) is 1.26. The first kappa shape index (κ1) is 14.2. The Bertz CT molecular complexity index is 456. The van der Waals surface area contributed by atoms with Crippen LogP contribution in [0.5, 0.6) is 0 Å². The maximum Gasteiger partial charge on any atom is 0.317 e. The predicted octanol–water partition coefficient (Wildman–Crippen LogP) is 2.85. The van der Waals surface area contributed by atoms with E-state index in [0.717, 1.165) is 51.9 Å². The molecule has 0 bridgehead atoms. The van der Waals surface area contributed by atoms with Crippen molar-refractivity contribution >= 4 is 11.7 Å². The zero-order valence-corrected chi connectivity index (χ0v) is 12.6. The van der Waals surface area contributed by atoms with E-state index >= 15 is 0 Å². The molecule has 2 aliphatic heterocycles. The molecule has 3 rings (SSSR count). The first-order valence-corrected chi connectivity index (χ1v) is 8.18. The van der Waals surface area contributed by atoms with Crippen molar-refractivity contribution in [2.24, 2.45) is 0 Å². The number of hydrogen-bond donors (Lipinski definition) is 1. The number of rotatable bonds is 2. The van der Waals surface area contributed by atoms with Crippen LogP contribution < -0.4 is 10.2 Å². The molecule has 1 atom stereocenters. The maximum absolute atomic E-state index is 12.3. The van der Waals surface area contributed by atoms with Crippen LogP contribution >= 0.6 is 0 Å². The third-order valence-corrected chi connectivity index (χ3v) is 4.51. The lowest BCUT2D eigenvalue weighted by molar-refractivity contribution is 0.181. The van der Waals surface area contributed by atoms with Gasteiger partial charge in [0.05, 0.1) is 0 Å². The molecule has 1 N–H and O–H groups in total. The van der Waals surface area contributed by atoms with Gasteiger partial charge in [-0.05, 0) is 44.2 Å². The third-order valence-electron chi connectivity index (χ3n) is 4.51. The van der Waals surface area contributed by atoms with Gasteiger partial charge in [-0.2, -0.15) is 0 Å². The van der Waals surface area contributed by atoms with E-state index in [9.17, 15) is 4.79 Å². The number of hydrogen-bond acceptors (Lipinski definition) is 2. The average molecular weight is 287 g/mol. The van der Waals surface area contributed by atoms with Crippen LogP contribution in [0.4, 0.5) is 10.5 Å². The van der Waals surface area contributed by atoms with Crippen LogP contribution in [0.2, 0.25) is 0 Å². The second kappa shape index (κ2) is 6.83. The Labute approximate surface area is 127 Å². The van der Waals surface area contributed by atoms with E-state index in [1.807, 2.05) is 11.0 Å². The second-order valence-corrected chi connectivity index (χ2v) is 6.12. The van der Waals surface area contributed by atoms with E-state index in [1.165, 1.54) is 12.1 Å². The van der Waals surface area contributed by atoms with Crippen molar-refractivity contribution in [3.63, 3.8) is 0 Å². The van der Waals surface area contributed by atoms with Crippen molar-refractivity contribution in [3.05, 3.63) is 30.3 Å². The van der Waals surface area contributed by atoms with Gasteiger partial charge in [0, 0.05) is 37.9 Å². The molecule has 4 nitrogen and oxygen atoms in total. The molecule has 0 aliphatic carbocycles. The highest BCUT2D eigenvalue weighted by molar-refractivity contribution is 5.74. The van der Waals surface area contributed by atoms with E-state index in [4.69, 9.17) is 0 Å². The van der Waals surface area contributed by atoms with Crippen molar-refractivity contribution in [1.82, 2.24) is 10.2 Å². The van der Waals surface area contributed by atoms with Crippen molar-refractivity contribution in [1.29, 1.82) is 0 Å². The summed E-state index contributed by atoms with van der Waals surface area (Å²) in [6.45, 7) is 3.84. The van der Waals surface area contributed by atoms with Crippen LogP contribution in [0.3, 0.4) is 0 Å². The smallest absolute Gasteiger partial charge is 0.317 e. The molecule has 0 spiro atoms. The Hall–Kier alpha value is -1.71. The number of carbonyl (C=O) groups is 1.